The number of amides is 1. The SMILES string of the molecule is C[C@@H]1C[C@@H](C)CN(Cc2ccc(CNC(=O)Cn3ccnn3)cc2)C1. The van der Waals surface area contributed by atoms with Gasteiger partial charge in [-0.1, -0.05) is 43.3 Å². The zero-order valence-corrected chi connectivity index (χ0v) is 15.1. The number of nitrogens with one attached hydrogen (secondary N) is 1. The van der Waals surface area contributed by atoms with E-state index in [0.29, 0.717) is 6.54 Å². The maximum atomic E-state index is 11.9. The van der Waals surface area contributed by atoms with Crippen LogP contribution in [0.5, 0.6) is 0 Å². The minimum absolute atomic E-state index is 0.0640. The lowest BCUT2D eigenvalue weighted by atomic mass is 9.91. The zero-order chi connectivity index (χ0) is 17.6. The number of aromatic nitrogens is 3. The average molecular weight is 341 g/mol. The van der Waals surface area contributed by atoms with Gasteiger partial charge in [-0.05, 0) is 29.4 Å². The topological polar surface area (TPSA) is 63.1 Å². The Labute approximate surface area is 149 Å². The van der Waals surface area contributed by atoms with Gasteiger partial charge in [0, 0.05) is 32.4 Å². The smallest absolute Gasteiger partial charge is 0.242 e. The summed E-state index contributed by atoms with van der Waals surface area (Å²) in [6.07, 6.45) is 4.58. The van der Waals surface area contributed by atoms with E-state index in [1.165, 1.54) is 29.8 Å². The van der Waals surface area contributed by atoms with Crippen molar-refractivity contribution in [3.05, 3.63) is 47.8 Å². The van der Waals surface area contributed by atoms with Crippen LogP contribution in [0, 0.1) is 11.8 Å². The minimum Gasteiger partial charge on any atom is -0.350 e. The number of benzene rings is 1. The first-order chi connectivity index (χ1) is 12.1. The summed E-state index contributed by atoms with van der Waals surface area (Å²) in [6, 6.07) is 8.54. The van der Waals surface area contributed by atoms with Gasteiger partial charge >= 0.3 is 0 Å². The number of likely N-dealkylation sites (tertiary alicyclic amines) is 1. The molecule has 134 valence electrons. The van der Waals surface area contributed by atoms with Gasteiger partial charge < -0.3 is 5.32 Å². The molecule has 1 aliphatic rings. The summed E-state index contributed by atoms with van der Waals surface area (Å²) in [5, 5.41) is 10.4. The summed E-state index contributed by atoms with van der Waals surface area (Å²) in [4.78, 5) is 14.4. The molecule has 2 heterocycles. The van der Waals surface area contributed by atoms with E-state index < -0.39 is 0 Å². The fourth-order valence-electron chi connectivity index (χ4n) is 3.66. The molecule has 0 spiro atoms. The molecule has 0 unspecified atom stereocenters. The van der Waals surface area contributed by atoms with E-state index in [1.807, 2.05) is 0 Å². The van der Waals surface area contributed by atoms with Gasteiger partial charge in [0.15, 0.2) is 0 Å². The van der Waals surface area contributed by atoms with Crippen molar-refractivity contribution in [1.29, 1.82) is 0 Å². The summed E-state index contributed by atoms with van der Waals surface area (Å²) < 4.78 is 1.51. The molecule has 1 aliphatic heterocycles. The maximum Gasteiger partial charge on any atom is 0.242 e. The summed E-state index contributed by atoms with van der Waals surface area (Å²) in [6.45, 7) is 8.79. The van der Waals surface area contributed by atoms with Gasteiger partial charge in [0.25, 0.3) is 0 Å². The number of rotatable bonds is 6. The third-order valence-electron chi connectivity index (χ3n) is 4.64. The van der Waals surface area contributed by atoms with Gasteiger partial charge in [-0.3, -0.25) is 9.69 Å². The van der Waals surface area contributed by atoms with Crippen LogP contribution >= 0.6 is 0 Å². The summed E-state index contributed by atoms with van der Waals surface area (Å²) >= 11 is 0. The first kappa shape index (κ1) is 17.6. The van der Waals surface area contributed by atoms with Gasteiger partial charge in [-0.25, -0.2) is 4.68 Å². The molecular formula is C19H27N5O. The highest BCUT2D eigenvalue weighted by molar-refractivity contribution is 5.75. The first-order valence-electron chi connectivity index (χ1n) is 8.99. The van der Waals surface area contributed by atoms with Crippen LogP contribution in [0.25, 0.3) is 0 Å². The Morgan fingerprint density at radius 1 is 1.16 bits per heavy atom. The molecule has 2 aromatic rings. The van der Waals surface area contributed by atoms with Gasteiger partial charge in [-0.15, -0.1) is 5.10 Å². The van der Waals surface area contributed by atoms with Crippen LogP contribution in [-0.2, 0) is 24.4 Å². The Kier molecular flexibility index (Phi) is 5.81. The van der Waals surface area contributed by atoms with Crippen LogP contribution in [0.4, 0.5) is 0 Å². The van der Waals surface area contributed by atoms with Crippen molar-refractivity contribution < 1.29 is 4.79 Å². The number of carbonyl (C=O) groups excluding carboxylic acids is 1. The number of carbonyl (C=O) groups is 1. The maximum absolute atomic E-state index is 11.9. The number of hydrogen-bond donors (Lipinski definition) is 1. The van der Waals surface area contributed by atoms with Crippen molar-refractivity contribution in [2.75, 3.05) is 13.1 Å². The number of nitrogens with zero attached hydrogens (tertiary/aromatic N) is 4. The van der Waals surface area contributed by atoms with Crippen molar-refractivity contribution in [2.45, 2.75) is 39.9 Å². The van der Waals surface area contributed by atoms with Crippen molar-refractivity contribution in [3.63, 3.8) is 0 Å². The predicted octanol–water partition coefficient (Wildman–Crippen LogP) is 2.07. The van der Waals surface area contributed by atoms with Crippen molar-refractivity contribution in [3.8, 4) is 0 Å². The van der Waals surface area contributed by atoms with Crippen LogP contribution in [0.3, 0.4) is 0 Å². The highest BCUT2D eigenvalue weighted by Gasteiger charge is 2.21. The Morgan fingerprint density at radius 2 is 1.84 bits per heavy atom. The molecule has 1 N–H and O–H groups in total. The molecule has 1 aromatic carbocycles. The molecule has 0 saturated carbocycles. The molecule has 1 fully saturated rings. The van der Waals surface area contributed by atoms with Gasteiger partial charge in [0.2, 0.25) is 5.91 Å². The van der Waals surface area contributed by atoms with Crippen LogP contribution in [0.2, 0.25) is 0 Å². The lowest BCUT2D eigenvalue weighted by Gasteiger charge is -2.35. The lowest BCUT2D eigenvalue weighted by molar-refractivity contribution is -0.122. The minimum atomic E-state index is -0.0640. The molecular weight excluding hydrogens is 314 g/mol. The molecule has 0 bridgehead atoms. The Morgan fingerprint density at radius 3 is 2.48 bits per heavy atom. The second kappa shape index (κ2) is 8.25. The second-order valence-electron chi connectivity index (χ2n) is 7.33. The van der Waals surface area contributed by atoms with Crippen LogP contribution in [-0.4, -0.2) is 38.9 Å². The first-order valence-corrected chi connectivity index (χ1v) is 8.99. The number of hydrogen-bond acceptors (Lipinski definition) is 4. The third-order valence-corrected chi connectivity index (χ3v) is 4.64. The van der Waals surface area contributed by atoms with Crippen molar-refractivity contribution >= 4 is 5.91 Å². The molecule has 3 rings (SSSR count). The standard InChI is InChI=1S/C19H27N5O/c1-15-9-16(2)12-23(11-15)13-18-5-3-17(4-6-18)10-20-19(25)14-24-8-7-21-22-24/h3-8,15-16H,9-14H2,1-2H3,(H,20,25)/t15-,16-/m1/s1. The van der Waals surface area contributed by atoms with E-state index in [4.69, 9.17) is 0 Å². The molecule has 2 atom stereocenters. The lowest BCUT2D eigenvalue weighted by Crippen LogP contribution is -2.38. The van der Waals surface area contributed by atoms with E-state index in [-0.39, 0.29) is 12.5 Å². The van der Waals surface area contributed by atoms with E-state index in [1.54, 1.807) is 12.4 Å². The average Bonchev–Trinajstić information content (AvgIpc) is 3.06. The summed E-state index contributed by atoms with van der Waals surface area (Å²) in [7, 11) is 0. The predicted molar refractivity (Wildman–Crippen MR) is 96.5 cm³/mol. The van der Waals surface area contributed by atoms with Crippen molar-refractivity contribution in [2.24, 2.45) is 11.8 Å². The van der Waals surface area contributed by atoms with E-state index in [2.05, 4.69) is 58.6 Å². The van der Waals surface area contributed by atoms with Crippen LogP contribution in [0.1, 0.15) is 31.4 Å². The molecule has 0 radical (unpaired) electrons. The Hall–Kier alpha value is -2.21. The van der Waals surface area contributed by atoms with E-state index >= 15 is 0 Å². The number of piperidine rings is 1. The highest BCUT2D eigenvalue weighted by Crippen LogP contribution is 2.22. The monoisotopic (exact) mass is 341 g/mol. The van der Waals surface area contributed by atoms with Gasteiger partial charge in [0.05, 0.1) is 6.20 Å². The quantitative estimate of drug-likeness (QED) is 0.874. The van der Waals surface area contributed by atoms with Gasteiger partial charge in [0.1, 0.15) is 6.54 Å². The molecule has 6 nitrogen and oxygen atoms in total. The second-order valence-corrected chi connectivity index (χ2v) is 7.33. The fraction of sp³-hybridized carbons (Fsp3) is 0.526. The molecule has 1 saturated heterocycles. The fourth-order valence-corrected chi connectivity index (χ4v) is 3.66. The van der Waals surface area contributed by atoms with Crippen LogP contribution < -0.4 is 5.32 Å². The Bertz CT molecular complexity index is 658. The van der Waals surface area contributed by atoms with Crippen LogP contribution in [0.15, 0.2) is 36.7 Å². The molecule has 1 aromatic heterocycles. The normalized spacial score (nSPS) is 21.2. The highest BCUT2D eigenvalue weighted by atomic mass is 16.2. The Balaban J connectivity index is 1.46. The van der Waals surface area contributed by atoms with Crippen molar-refractivity contribution in [1.82, 2.24) is 25.2 Å². The molecule has 1 amide bonds. The van der Waals surface area contributed by atoms with Gasteiger partial charge in [-0.2, -0.15) is 0 Å². The summed E-state index contributed by atoms with van der Waals surface area (Å²) in [5.41, 5.74) is 2.44. The van der Waals surface area contributed by atoms with E-state index in [9.17, 15) is 4.79 Å². The molecule has 25 heavy (non-hydrogen) atoms. The summed E-state index contributed by atoms with van der Waals surface area (Å²) in [5.74, 6) is 1.50. The largest absolute Gasteiger partial charge is 0.350 e. The molecule has 0 aliphatic carbocycles. The third kappa shape index (κ3) is 5.39. The zero-order valence-electron chi connectivity index (χ0n) is 15.1. The van der Waals surface area contributed by atoms with E-state index in [0.717, 1.165) is 23.9 Å². The molecule has 6 heteroatoms.